The van der Waals surface area contributed by atoms with Crippen molar-refractivity contribution in [3.8, 4) is 5.75 Å². The fourth-order valence-electron chi connectivity index (χ4n) is 4.09. The molecule has 1 aromatic rings. The van der Waals surface area contributed by atoms with E-state index < -0.39 is 0 Å². The molecule has 3 rings (SSSR count). The van der Waals surface area contributed by atoms with Crippen LogP contribution in [0.25, 0.3) is 0 Å². The fraction of sp³-hybridized carbons (Fsp3) is 0.625. The Kier molecular flexibility index (Phi) is 3.06. The summed E-state index contributed by atoms with van der Waals surface area (Å²) < 4.78 is 5.31. The Hall–Kier alpha value is -1.02. The second-order valence-corrected chi connectivity index (χ2v) is 6.09. The molecule has 1 aromatic carbocycles. The van der Waals surface area contributed by atoms with Crippen molar-refractivity contribution >= 4 is 0 Å². The van der Waals surface area contributed by atoms with Gasteiger partial charge in [0, 0.05) is 6.04 Å². The Labute approximate surface area is 110 Å². The molecule has 0 saturated heterocycles. The molecule has 2 aliphatic rings. The molecule has 2 heteroatoms. The van der Waals surface area contributed by atoms with Crippen LogP contribution in [0.1, 0.15) is 42.9 Å². The highest BCUT2D eigenvalue weighted by atomic mass is 16.5. The third kappa shape index (κ3) is 1.93. The molecule has 0 spiro atoms. The smallest absolute Gasteiger partial charge is 0.121 e. The van der Waals surface area contributed by atoms with Crippen LogP contribution in [-0.4, -0.2) is 7.11 Å². The van der Waals surface area contributed by atoms with Crippen LogP contribution < -0.4 is 10.5 Å². The van der Waals surface area contributed by atoms with Gasteiger partial charge in [0.05, 0.1) is 7.11 Å². The standard InChI is InChI=1S/C16H23NO/c1-10-7-13(5-6-15(10)18-2)16(17)14-9-11-3-4-12(14)8-11/h5-7,11-12,14,16H,3-4,8-9,17H2,1-2H3. The summed E-state index contributed by atoms with van der Waals surface area (Å²) in [6, 6.07) is 6.61. The molecule has 2 aliphatic carbocycles. The van der Waals surface area contributed by atoms with Crippen LogP contribution in [0, 0.1) is 24.7 Å². The van der Waals surface area contributed by atoms with Gasteiger partial charge in [-0.25, -0.2) is 0 Å². The molecule has 2 N–H and O–H groups in total. The van der Waals surface area contributed by atoms with Crippen molar-refractivity contribution in [2.75, 3.05) is 7.11 Å². The summed E-state index contributed by atoms with van der Waals surface area (Å²) in [5, 5.41) is 0. The average Bonchev–Trinajstić information content (AvgIpc) is 3.00. The van der Waals surface area contributed by atoms with Gasteiger partial charge in [0.25, 0.3) is 0 Å². The van der Waals surface area contributed by atoms with Gasteiger partial charge in [0.15, 0.2) is 0 Å². The van der Waals surface area contributed by atoms with Crippen LogP contribution in [0.5, 0.6) is 5.75 Å². The number of hydrogen-bond donors (Lipinski definition) is 1. The number of hydrogen-bond acceptors (Lipinski definition) is 2. The lowest BCUT2D eigenvalue weighted by molar-refractivity contribution is 0.284. The molecule has 98 valence electrons. The van der Waals surface area contributed by atoms with Gasteiger partial charge in [-0.1, -0.05) is 18.6 Å². The average molecular weight is 245 g/mol. The monoisotopic (exact) mass is 245 g/mol. The Balaban J connectivity index is 1.80. The highest BCUT2D eigenvalue weighted by Gasteiger charge is 2.42. The van der Waals surface area contributed by atoms with Crippen molar-refractivity contribution in [2.45, 2.75) is 38.6 Å². The third-order valence-corrected chi connectivity index (χ3v) is 5.06. The van der Waals surface area contributed by atoms with E-state index in [1.807, 2.05) is 0 Å². The lowest BCUT2D eigenvalue weighted by Crippen LogP contribution is -2.26. The maximum absolute atomic E-state index is 6.51. The van der Waals surface area contributed by atoms with E-state index in [2.05, 4.69) is 25.1 Å². The molecule has 2 saturated carbocycles. The number of ether oxygens (including phenoxy) is 1. The predicted molar refractivity (Wildman–Crippen MR) is 73.6 cm³/mol. The van der Waals surface area contributed by atoms with Gasteiger partial charge < -0.3 is 10.5 Å². The zero-order chi connectivity index (χ0) is 12.7. The lowest BCUT2D eigenvalue weighted by Gasteiger charge is -2.28. The molecular weight excluding hydrogens is 222 g/mol. The van der Waals surface area contributed by atoms with E-state index in [1.165, 1.54) is 36.8 Å². The van der Waals surface area contributed by atoms with Crippen LogP contribution in [0.4, 0.5) is 0 Å². The van der Waals surface area contributed by atoms with E-state index in [-0.39, 0.29) is 6.04 Å². The van der Waals surface area contributed by atoms with Crippen LogP contribution in [0.15, 0.2) is 18.2 Å². The van der Waals surface area contributed by atoms with Gasteiger partial charge in [-0.2, -0.15) is 0 Å². The van der Waals surface area contributed by atoms with Gasteiger partial charge in [0.1, 0.15) is 5.75 Å². The van der Waals surface area contributed by atoms with E-state index >= 15 is 0 Å². The lowest BCUT2D eigenvalue weighted by atomic mass is 9.81. The molecular formula is C16H23NO. The fourth-order valence-corrected chi connectivity index (χ4v) is 4.09. The summed E-state index contributed by atoms with van der Waals surface area (Å²) in [6.07, 6.45) is 5.61. The van der Waals surface area contributed by atoms with Crippen molar-refractivity contribution in [1.82, 2.24) is 0 Å². The van der Waals surface area contributed by atoms with Crippen molar-refractivity contribution in [2.24, 2.45) is 23.5 Å². The molecule has 2 nitrogen and oxygen atoms in total. The summed E-state index contributed by atoms with van der Waals surface area (Å²) in [7, 11) is 1.72. The van der Waals surface area contributed by atoms with Crippen LogP contribution in [0.2, 0.25) is 0 Å². The van der Waals surface area contributed by atoms with Gasteiger partial charge in [-0.3, -0.25) is 0 Å². The first-order valence-corrected chi connectivity index (χ1v) is 7.09. The molecule has 18 heavy (non-hydrogen) atoms. The molecule has 0 radical (unpaired) electrons. The summed E-state index contributed by atoms with van der Waals surface area (Å²) in [5.74, 6) is 3.51. The van der Waals surface area contributed by atoms with E-state index in [1.54, 1.807) is 7.11 Å². The van der Waals surface area contributed by atoms with Crippen LogP contribution in [-0.2, 0) is 0 Å². The second-order valence-electron chi connectivity index (χ2n) is 6.09. The number of fused-ring (bicyclic) bond motifs is 2. The Morgan fingerprint density at radius 3 is 2.67 bits per heavy atom. The first-order valence-electron chi connectivity index (χ1n) is 7.09. The minimum atomic E-state index is 0.213. The number of nitrogens with two attached hydrogens (primary N) is 1. The molecule has 0 aromatic heterocycles. The van der Waals surface area contributed by atoms with E-state index in [9.17, 15) is 0 Å². The van der Waals surface area contributed by atoms with Crippen molar-refractivity contribution in [3.05, 3.63) is 29.3 Å². The van der Waals surface area contributed by atoms with Crippen LogP contribution >= 0.6 is 0 Å². The zero-order valence-corrected chi connectivity index (χ0v) is 11.4. The SMILES string of the molecule is COc1ccc(C(N)C2CC3CCC2C3)cc1C. The Morgan fingerprint density at radius 2 is 2.11 bits per heavy atom. The van der Waals surface area contributed by atoms with Gasteiger partial charge in [0.2, 0.25) is 0 Å². The summed E-state index contributed by atoms with van der Waals surface area (Å²) in [4.78, 5) is 0. The third-order valence-electron chi connectivity index (χ3n) is 5.06. The molecule has 0 amide bonds. The van der Waals surface area contributed by atoms with Gasteiger partial charge in [-0.15, -0.1) is 0 Å². The molecule has 2 fully saturated rings. The zero-order valence-electron chi connectivity index (χ0n) is 11.4. The van der Waals surface area contributed by atoms with E-state index in [0.717, 1.165) is 17.6 Å². The maximum Gasteiger partial charge on any atom is 0.121 e. The van der Waals surface area contributed by atoms with Gasteiger partial charge in [-0.05, 0) is 61.1 Å². The minimum absolute atomic E-state index is 0.213. The Morgan fingerprint density at radius 1 is 1.28 bits per heavy atom. The van der Waals surface area contributed by atoms with Crippen molar-refractivity contribution < 1.29 is 4.74 Å². The largest absolute Gasteiger partial charge is 0.496 e. The molecule has 4 atom stereocenters. The summed E-state index contributed by atoms with van der Waals surface area (Å²) >= 11 is 0. The highest BCUT2D eigenvalue weighted by molar-refractivity contribution is 5.37. The van der Waals surface area contributed by atoms with Gasteiger partial charge >= 0.3 is 0 Å². The number of rotatable bonds is 3. The molecule has 2 bridgehead atoms. The minimum Gasteiger partial charge on any atom is -0.496 e. The normalized spacial score (nSPS) is 31.6. The first-order chi connectivity index (χ1) is 8.69. The number of benzene rings is 1. The highest BCUT2D eigenvalue weighted by Crippen LogP contribution is 2.52. The Bertz CT molecular complexity index is 443. The first kappa shape index (κ1) is 12.0. The quantitative estimate of drug-likeness (QED) is 0.885. The topological polar surface area (TPSA) is 35.2 Å². The maximum atomic E-state index is 6.51. The van der Waals surface area contributed by atoms with Crippen LogP contribution in [0.3, 0.4) is 0 Å². The predicted octanol–water partition coefficient (Wildman–Crippen LogP) is 3.44. The summed E-state index contributed by atoms with van der Waals surface area (Å²) in [6.45, 7) is 2.09. The number of aryl methyl sites for hydroxylation is 1. The molecule has 4 unspecified atom stereocenters. The van der Waals surface area contributed by atoms with E-state index in [0.29, 0.717) is 5.92 Å². The molecule has 0 heterocycles. The second kappa shape index (κ2) is 4.58. The summed E-state index contributed by atoms with van der Waals surface area (Å²) in [5.41, 5.74) is 8.98. The van der Waals surface area contributed by atoms with Crippen molar-refractivity contribution in [3.63, 3.8) is 0 Å². The number of methoxy groups -OCH3 is 1. The van der Waals surface area contributed by atoms with Crippen molar-refractivity contribution in [1.29, 1.82) is 0 Å². The molecule has 0 aliphatic heterocycles. The van der Waals surface area contributed by atoms with E-state index in [4.69, 9.17) is 10.5 Å².